The fraction of sp³-hybridized carbons (Fsp3) is 0.438. The van der Waals surface area contributed by atoms with E-state index in [1.807, 2.05) is 55.5 Å². The van der Waals surface area contributed by atoms with Gasteiger partial charge in [0.1, 0.15) is 24.0 Å². The summed E-state index contributed by atoms with van der Waals surface area (Å²) in [6, 6.07) is 15.6. The van der Waals surface area contributed by atoms with E-state index in [0.717, 1.165) is 66.2 Å². The zero-order valence-electron chi connectivity index (χ0n) is 23.3. The van der Waals surface area contributed by atoms with Gasteiger partial charge >= 0.3 is 5.97 Å². The predicted octanol–water partition coefficient (Wildman–Crippen LogP) is 4.48. The van der Waals surface area contributed by atoms with Crippen LogP contribution < -0.4 is 15.0 Å². The van der Waals surface area contributed by atoms with Gasteiger partial charge in [-0.25, -0.2) is 9.37 Å². The quantitative estimate of drug-likeness (QED) is 0.419. The van der Waals surface area contributed by atoms with Gasteiger partial charge < -0.3 is 24.4 Å². The third-order valence-electron chi connectivity index (χ3n) is 8.86. The Bertz CT molecular complexity index is 1430. The molecule has 210 valence electrons. The fourth-order valence-electron chi connectivity index (χ4n) is 6.67. The average Bonchev–Trinajstić information content (AvgIpc) is 3.68. The highest BCUT2D eigenvalue weighted by atomic mass is 19.1. The van der Waals surface area contributed by atoms with Gasteiger partial charge in [-0.05, 0) is 80.1 Å². The number of piperidine rings is 1. The Kier molecular flexibility index (Phi) is 7.23. The Morgan fingerprint density at radius 1 is 1.12 bits per heavy atom. The minimum absolute atomic E-state index is 0.134. The molecule has 0 unspecified atom stereocenters. The predicted molar refractivity (Wildman–Crippen MR) is 151 cm³/mol. The average molecular weight is 546 g/mol. The number of esters is 1. The van der Waals surface area contributed by atoms with Gasteiger partial charge in [-0.1, -0.05) is 30.3 Å². The molecule has 8 heteroatoms. The second kappa shape index (κ2) is 10.8. The van der Waals surface area contributed by atoms with Crippen LogP contribution in [0.15, 0.2) is 48.5 Å². The van der Waals surface area contributed by atoms with Gasteiger partial charge in [-0.15, -0.1) is 0 Å². The number of ether oxygens (including phenoxy) is 3. The third kappa shape index (κ3) is 4.53. The first-order valence-corrected chi connectivity index (χ1v) is 14.0. The van der Waals surface area contributed by atoms with Crippen LogP contribution in [-0.2, 0) is 33.7 Å². The first-order chi connectivity index (χ1) is 19.5. The van der Waals surface area contributed by atoms with E-state index in [0.29, 0.717) is 24.3 Å². The van der Waals surface area contributed by atoms with Crippen LogP contribution in [0.1, 0.15) is 28.7 Å². The van der Waals surface area contributed by atoms with Gasteiger partial charge in [0.05, 0.1) is 30.9 Å². The van der Waals surface area contributed by atoms with E-state index in [1.54, 1.807) is 7.11 Å². The van der Waals surface area contributed by atoms with Crippen LogP contribution in [0.4, 0.5) is 10.2 Å². The van der Waals surface area contributed by atoms with Crippen LogP contribution in [0, 0.1) is 24.1 Å². The Hall–Kier alpha value is -3.49. The number of hydrogen-bond acceptors (Lipinski definition) is 7. The molecule has 6 rings (SSSR count). The van der Waals surface area contributed by atoms with Crippen LogP contribution in [0.3, 0.4) is 0 Å². The lowest BCUT2D eigenvalue weighted by molar-refractivity contribution is -0.148. The highest BCUT2D eigenvalue weighted by Gasteiger charge is 2.71. The Balaban J connectivity index is 1.28. The molecule has 3 aromatic rings. The third-order valence-corrected chi connectivity index (χ3v) is 8.86. The van der Waals surface area contributed by atoms with Crippen molar-refractivity contribution in [1.29, 1.82) is 0 Å². The number of aromatic nitrogens is 1. The second-order valence-corrected chi connectivity index (χ2v) is 11.1. The number of fused-ring (bicyclic) bond motifs is 2. The molecule has 40 heavy (non-hydrogen) atoms. The molecule has 7 nitrogen and oxygen atoms in total. The van der Waals surface area contributed by atoms with Gasteiger partial charge in [0.2, 0.25) is 0 Å². The number of carbonyl (C=O) groups excluding carboxylic acids is 1. The molecule has 2 fully saturated rings. The molecule has 3 aliphatic rings. The number of rotatable bonds is 8. The second-order valence-electron chi connectivity index (χ2n) is 11.1. The van der Waals surface area contributed by atoms with E-state index in [1.165, 1.54) is 7.11 Å². The molecule has 1 N–H and O–H groups in total. The number of para-hydroxylation sites is 1. The van der Waals surface area contributed by atoms with E-state index in [-0.39, 0.29) is 30.4 Å². The smallest absolute Gasteiger partial charge is 0.314 e. The highest BCUT2D eigenvalue weighted by molar-refractivity contribution is 5.84. The lowest BCUT2D eigenvalue weighted by atomic mass is 9.96. The van der Waals surface area contributed by atoms with Crippen molar-refractivity contribution in [2.75, 3.05) is 45.4 Å². The summed E-state index contributed by atoms with van der Waals surface area (Å²) in [5.41, 5.74) is 4.45. The van der Waals surface area contributed by atoms with Crippen LogP contribution in [-0.4, -0.2) is 57.5 Å². The number of hydrogen-bond donors (Lipinski definition) is 1. The van der Waals surface area contributed by atoms with Crippen molar-refractivity contribution < 1.29 is 23.4 Å². The minimum atomic E-state index is -0.534. The normalized spacial score (nSPS) is 23.2. The maximum atomic E-state index is 15.5. The molecule has 1 aliphatic carbocycles. The SMILES string of the molecule is COC[C@H]1N(c2cccc(-c3cccc(C)c3OCc3ccc4c(c3F)CCNCC4)n2)C[C@@H]2C[C@@]21C(=O)OC. The van der Waals surface area contributed by atoms with Crippen molar-refractivity contribution in [3.8, 4) is 17.0 Å². The van der Waals surface area contributed by atoms with E-state index in [4.69, 9.17) is 19.2 Å². The summed E-state index contributed by atoms with van der Waals surface area (Å²) in [4.78, 5) is 20.0. The highest BCUT2D eigenvalue weighted by Crippen LogP contribution is 2.62. The van der Waals surface area contributed by atoms with E-state index in [2.05, 4.69) is 10.2 Å². The van der Waals surface area contributed by atoms with Crippen LogP contribution in [0.25, 0.3) is 11.3 Å². The summed E-state index contributed by atoms with van der Waals surface area (Å²) in [5.74, 6) is 1.37. The largest absolute Gasteiger partial charge is 0.488 e. The number of carbonyl (C=O) groups is 1. The number of pyridine rings is 1. The molecule has 1 saturated carbocycles. The molecular formula is C32H36FN3O4. The monoisotopic (exact) mass is 545 g/mol. The standard InChI is InChI=1S/C32H36FN3O4/c1-20-6-4-7-25(30(20)40-18-22-11-10-21-12-14-34-15-13-24(21)29(22)33)26-8-5-9-28(35-26)36-17-23-16-32(23,31(37)39-3)27(36)19-38-2/h4-11,23,27,34H,12-19H2,1-3H3/t23-,27+,32+/m0/s1. The van der Waals surface area contributed by atoms with Crippen molar-refractivity contribution in [3.05, 3.63) is 76.6 Å². The van der Waals surface area contributed by atoms with Gasteiger partial charge in [0.15, 0.2) is 0 Å². The Labute approximate surface area is 234 Å². The first-order valence-electron chi connectivity index (χ1n) is 14.0. The lowest BCUT2D eigenvalue weighted by Gasteiger charge is -2.31. The molecule has 0 amide bonds. The van der Waals surface area contributed by atoms with E-state index < -0.39 is 5.41 Å². The fourth-order valence-corrected chi connectivity index (χ4v) is 6.67. The van der Waals surface area contributed by atoms with Gasteiger partial charge in [-0.2, -0.15) is 0 Å². The van der Waals surface area contributed by atoms with Gasteiger partial charge in [0.25, 0.3) is 0 Å². The summed E-state index contributed by atoms with van der Waals surface area (Å²) >= 11 is 0. The summed E-state index contributed by atoms with van der Waals surface area (Å²) in [6.45, 7) is 4.92. The molecule has 2 aliphatic heterocycles. The molecule has 0 spiro atoms. The summed E-state index contributed by atoms with van der Waals surface area (Å²) < 4.78 is 32.5. The zero-order chi connectivity index (χ0) is 27.9. The van der Waals surface area contributed by atoms with Crippen molar-refractivity contribution in [2.45, 2.75) is 38.8 Å². The molecular weight excluding hydrogens is 509 g/mol. The topological polar surface area (TPSA) is 72.9 Å². The van der Waals surface area contributed by atoms with Crippen LogP contribution >= 0.6 is 0 Å². The molecule has 1 aromatic heterocycles. The first kappa shape index (κ1) is 26.7. The van der Waals surface area contributed by atoms with E-state index >= 15 is 4.39 Å². The summed E-state index contributed by atoms with van der Waals surface area (Å²) in [5, 5.41) is 3.34. The number of aryl methyl sites for hydroxylation is 1. The molecule has 3 atom stereocenters. The van der Waals surface area contributed by atoms with Gasteiger partial charge in [-0.3, -0.25) is 4.79 Å². The number of methoxy groups -OCH3 is 2. The maximum Gasteiger partial charge on any atom is 0.314 e. The molecule has 0 bridgehead atoms. The Morgan fingerprint density at radius 3 is 2.77 bits per heavy atom. The molecule has 3 heterocycles. The minimum Gasteiger partial charge on any atom is -0.488 e. The number of nitrogens with zero attached hydrogens (tertiary/aromatic N) is 2. The number of anilines is 1. The lowest BCUT2D eigenvalue weighted by Crippen LogP contribution is -2.44. The van der Waals surface area contributed by atoms with Crippen molar-refractivity contribution in [3.63, 3.8) is 0 Å². The maximum absolute atomic E-state index is 15.5. The van der Waals surface area contributed by atoms with Crippen LogP contribution in [0.2, 0.25) is 0 Å². The number of nitrogens with one attached hydrogen (secondary N) is 1. The molecule has 1 saturated heterocycles. The summed E-state index contributed by atoms with van der Waals surface area (Å²) in [6.07, 6.45) is 2.33. The van der Waals surface area contributed by atoms with Crippen LogP contribution in [0.5, 0.6) is 5.75 Å². The zero-order valence-corrected chi connectivity index (χ0v) is 23.3. The van der Waals surface area contributed by atoms with E-state index in [9.17, 15) is 4.79 Å². The van der Waals surface area contributed by atoms with Gasteiger partial charge in [0, 0.05) is 24.8 Å². The van der Waals surface area contributed by atoms with Crippen molar-refractivity contribution >= 4 is 11.8 Å². The molecule has 2 aromatic carbocycles. The number of benzene rings is 2. The number of halogens is 1. The van der Waals surface area contributed by atoms with Crippen molar-refractivity contribution in [1.82, 2.24) is 10.3 Å². The summed E-state index contributed by atoms with van der Waals surface area (Å²) in [7, 11) is 3.11. The van der Waals surface area contributed by atoms with Crippen molar-refractivity contribution in [2.24, 2.45) is 11.3 Å². The molecule has 0 radical (unpaired) electrons. The Morgan fingerprint density at radius 2 is 1.95 bits per heavy atom.